The van der Waals surface area contributed by atoms with Crippen LogP contribution >= 0.6 is 0 Å². The van der Waals surface area contributed by atoms with Crippen molar-refractivity contribution in [1.82, 2.24) is 0 Å². The molecule has 0 spiro atoms. The van der Waals surface area contributed by atoms with E-state index in [9.17, 15) is 29.1 Å². The smallest absolute Gasteiger partial charge is 0.342 e. The fourth-order valence-corrected chi connectivity index (χ4v) is 8.94. The Morgan fingerprint density at radius 1 is 1.04 bits per heavy atom. The molecule has 0 bridgehead atoms. The van der Waals surface area contributed by atoms with Crippen LogP contribution in [-0.4, -0.2) is 58.6 Å². The largest absolute Gasteiger partial charge is 0.507 e. The number of phenols is 1. The zero-order valence-electron chi connectivity index (χ0n) is 26.4. The number of benzene rings is 1. The number of alkyl halides is 1. The zero-order valence-corrected chi connectivity index (χ0v) is 26.4. The first kappa shape index (κ1) is 32.6. The van der Waals surface area contributed by atoms with Gasteiger partial charge in [-0.3, -0.25) is 19.2 Å². The first-order chi connectivity index (χ1) is 21.2. The van der Waals surface area contributed by atoms with Crippen molar-refractivity contribution in [2.24, 2.45) is 28.6 Å². The van der Waals surface area contributed by atoms with Crippen LogP contribution in [0.5, 0.6) is 5.75 Å². The van der Waals surface area contributed by atoms with Crippen LogP contribution in [0.4, 0.5) is 4.39 Å². The number of hydrogen-bond donors (Lipinski definition) is 1. The highest BCUT2D eigenvalue weighted by Gasteiger charge is 2.78. The van der Waals surface area contributed by atoms with Crippen LogP contribution in [0.1, 0.15) is 83.5 Å². The van der Waals surface area contributed by atoms with Gasteiger partial charge in [-0.25, -0.2) is 9.18 Å². The van der Waals surface area contributed by atoms with Crippen molar-refractivity contribution in [1.29, 1.82) is 0 Å². The molecule has 5 rings (SSSR count). The molecule has 9 nitrogen and oxygen atoms in total. The lowest BCUT2D eigenvalue weighted by Gasteiger charge is -2.63. The molecule has 3 fully saturated rings. The van der Waals surface area contributed by atoms with E-state index < -0.39 is 76.3 Å². The van der Waals surface area contributed by atoms with Crippen LogP contribution in [0.15, 0.2) is 48.1 Å². The Labute approximate surface area is 262 Å². The van der Waals surface area contributed by atoms with E-state index in [0.29, 0.717) is 24.8 Å². The lowest BCUT2D eigenvalue weighted by Crippen LogP contribution is -2.70. The maximum absolute atomic E-state index is 18.5. The molecule has 3 saturated carbocycles. The summed E-state index contributed by atoms with van der Waals surface area (Å²) < 4.78 is 35.9. The SMILES string of the molecule is CCC(=O)OCC(=O)[C@@]1(OC(=O)CC)[C@@H](C)C[C@H]2[C@@H]3CCC4=CC(=O)C=C[C@]4(C)C3(F)[C@@H](OC(=O)c3ccccc3O)C[C@@]21C. The first-order valence-corrected chi connectivity index (χ1v) is 15.7. The number of hydrogen-bond acceptors (Lipinski definition) is 9. The van der Waals surface area contributed by atoms with Crippen molar-refractivity contribution in [3.05, 3.63) is 53.6 Å². The molecule has 45 heavy (non-hydrogen) atoms. The summed E-state index contributed by atoms with van der Waals surface area (Å²) in [6.07, 6.45) is 3.72. The van der Waals surface area contributed by atoms with Gasteiger partial charge in [0.15, 0.2) is 23.7 Å². The Balaban J connectivity index is 1.67. The van der Waals surface area contributed by atoms with Gasteiger partial charge in [-0.05, 0) is 62.8 Å². The van der Waals surface area contributed by atoms with E-state index in [1.807, 2.05) is 0 Å². The fourth-order valence-electron chi connectivity index (χ4n) is 8.94. The summed E-state index contributed by atoms with van der Waals surface area (Å²) in [5, 5.41) is 10.4. The molecule has 242 valence electrons. The van der Waals surface area contributed by atoms with Crippen molar-refractivity contribution in [2.75, 3.05) is 6.61 Å². The molecule has 0 heterocycles. The number of rotatable bonds is 8. The zero-order chi connectivity index (χ0) is 32.9. The third kappa shape index (κ3) is 4.74. The number of ether oxygens (including phenoxy) is 3. The summed E-state index contributed by atoms with van der Waals surface area (Å²) in [5.74, 6) is -5.21. The summed E-state index contributed by atoms with van der Waals surface area (Å²) >= 11 is 0. The van der Waals surface area contributed by atoms with Gasteiger partial charge >= 0.3 is 17.9 Å². The van der Waals surface area contributed by atoms with Crippen LogP contribution in [0.25, 0.3) is 0 Å². The Morgan fingerprint density at radius 2 is 1.73 bits per heavy atom. The maximum Gasteiger partial charge on any atom is 0.342 e. The van der Waals surface area contributed by atoms with E-state index >= 15 is 4.39 Å². The second-order valence-electron chi connectivity index (χ2n) is 13.3. The van der Waals surface area contributed by atoms with Crippen molar-refractivity contribution < 1.29 is 47.7 Å². The maximum atomic E-state index is 18.5. The number of carbonyl (C=O) groups is 5. The number of allylic oxidation sites excluding steroid dienone is 4. The van der Waals surface area contributed by atoms with Gasteiger partial charge in [0.05, 0.1) is 0 Å². The van der Waals surface area contributed by atoms with E-state index in [1.165, 1.54) is 24.3 Å². The predicted octanol–water partition coefficient (Wildman–Crippen LogP) is 5.39. The number of aromatic hydroxyl groups is 1. The van der Waals surface area contributed by atoms with Crippen LogP contribution in [0.2, 0.25) is 0 Å². The standard InChI is InChI=1S/C35H41FO9/c1-6-29(40)43-19-27(39)35(45-30(41)7-2)20(3)16-25-24-13-12-21-17-22(37)14-15-32(21,4)34(24,36)28(18-33(25,35)5)44-31(42)23-10-8-9-11-26(23)38/h8-11,14-15,17,20,24-25,28,38H,6-7,12-13,16,18-19H2,1-5H3/t20-,24-,25-,28-,32-,33-,34?,35-/m0/s1. The third-order valence-electron chi connectivity index (χ3n) is 11.2. The molecular weight excluding hydrogens is 583 g/mol. The van der Waals surface area contributed by atoms with E-state index in [-0.39, 0.29) is 36.4 Å². The predicted molar refractivity (Wildman–Crippen MR) is 160 cm³/mol. The van der Waals surface area contributed by atoms with Gasteiger partial charge in [0.2, 0.25) is 5.78 Å². The quantitative estimate of drug-likeness (QED) is 0.299. The summed E-state index contributed by atoms with van der Waals surface area (Å²) in [5.41, 5.74) is -6.12. The van der Waals surface area contributed by atoms with Crippen molar-refractivity contribution in [2.45, 2.75) is 90.5 Å². The lowest BCUT2D eigenvalue weighted by molar-refractivity contribution is -0.228. The van der Waals surface area contributed by atoms with Crippen LogP contribution in [-0.2, 0) is 33.4 Å². The highest BCUT2D eigenvalue weighted by Crippen LogP contribution is 2.72. The van der Waals surface area contributed by atoms with Crippen LogP contribution < -0.4 is 0 Å². The topological polar surface area (TPSA) is 133 Å². The van der Waals surface area contributed by atoms with Gasteiger partial charge in [0.25, 0.3) is 0 Å². The minimum Gasteiger partial charge on any atom is -0.507 e. The lowest BCUT2D eigenvalue weighted by atomic mass is 9.44. The van der Waals surface area contributed by atoms with Gasteiger partial charge in [-0.1, -0.05) is 51.5 Å². The number of esters is 3. The second-order valence-corrected chi connectivity index (χ2v) is 13.3. The molecule has 1 aromatic rings. The van der Waals surface area contributed by atoms with E-state index in [2.05, 4.69) is 0 Å². The number of Topliss-reactive ketones (excluding diaryl/α,β-unsaturated/α-hetero) is 1. The molecule has 1 N–H and O–H groups in total. The average Bonchev–Trinajstić information content (AvgIpc) is 3.22. The Bertz CT molecular complexity index is 1500. The summed E-state index contributed by atoms with van der Waals surface area (Å²) in [6, 6.07) is 5.79. The molecule has 8 atom stereocenters. The molecular formula is C35H41FO9. The number of fused-ring (bicyclic) bond motifs is 5. The molecule has 4 aliphatic carbocycles. The van der Waals surface area contributed by atoms with Gasteiger partial charge < -0.3 is 19.3 Å². The van der Waals surface area contributed by atoms with E-state index in [4.69, 9.17) is 14.2 Å². The first-order valence-electron chi connectivity index (χ1n) is 15.7. The Kier molecular flexibility index (Phi) is 8.34. The van der Waals surface area contributed by atoms with Crippen LogP contribution in [0.3, 0.4) is 0 Å². The number of ketones is 2. The van der Waals surface area contributed by atoms with E-state index in [1.54, 1.807) is 52.8 Å². The Hall–Kier alpha value is -3.82. The number of carbonyl (C=O) groups excluding carboxylic acids is 5. The average molecular weight is 625 g/mol. The molecule has 0 saturated heterocycles. The summed E-state index contributed by atoms with van der Waals surface area (Å²) in [6.45, 7) is 7.84. The van der Waals surface area contributed by atoms with Crippen molar-refractivity contribution in [3.63, 3.8) is 0 Å². The minimum absolute atomic E-state index is 0.0233. The molecule has 0 aromatic heterocycles. The van der Waals surface area contributed by atoms with E-state index in [0.717, 1.165) is 0 Å². The molecule has 4 aliphatic rings. The monoisotopic (exact) mass is 624 g/mol. The van der Waals surface area contributed by atoms with Gasteiger partial charge in [0, 0.05) is 35.5 Å². The molecule has 0 amide bonds. The molecule has 0 aliphatic heterocycles. The third-order valence-corrected chi connectivity index (χ3v) is 11.2. The summed E-state index contributed by atoms with van der Waals surface area (Å²) in [7, 11) is 0. The molecule has 1 unspecified atom stereocenters. The normalized spacial score (nSPS) is 36.6. The summed E-state index contributed by atoms with van der Waals surface area (Å²) in [4.78, 5) is 65.3. The Morgan fingerprint density at radius 3 is 2.40 bits per heavy atom. The fraction of sp³-hybridized carbons (Fsp3) is 0.571. The van der Waals surface area contributed by atoms with Gasteiger partial charge in [-0.2, -0.15) is 0 Å². The van der Waals surface area contributed by atoms with Gasteiger partial charge in [-0.15, -0.1) is 0 Å². The van der Waals surface area contributed by atoms with Crippen molar-refractivity contribution in [3.8, 4) is 5.75 Å². The highest BCUT2D eigenvalue weighted by atomic mass is 19.1. The van der Waals surface area contributed by atoms with Crippen molar-refractivity contribution >= 4 is 29.5 Å². The van der Waals surface area contributed by atoms with Crippen LogP contribution in [0, 0.1) is 28.6 Å². The molecule has 0 radical (unpaired) electrons. The molecule has 10 heteroatoms. The number of phenolic OH excluding ortho intramolecular Hbond substituents is 1. The molecule has 1 aromatic carbocycles. The minimum atomic E-state index is -2.22. The second kappa shape index (κ2) is 11.5. The number of halogens is 1. The van der Waals surface area contributed by atoms with Gasteiger partial charge in [0.1, 0.15) is 17.4 Å². The number of para-hydroxylation sites is 1. The highest BCUT2D eigenvalue weighted by molar-refractivity contribution is 6.01.